The first kappa shape index (κ1) is 19.0. The molecule has 0 radical (unpaired) electrons. The Morgan fingerprint density at radius 2 is 1.54 bits per heavy atom. The number of hydrogen-bond acceptors (Lipinski definition) is 7. The third kappa shape index (κ3) is 3.67. The van der Waals surface area contributed by atoms with Gasteiger partial charge in [-0.2, -0.15) is 0 Å². The third-order valence-corrected chi connectivity index (χ3v) is 4.78. The molecule has 2 rings (SSSR count). The number of carbonyl (C=O) groups is 2. The van der Waals surface area contributed by atoms with Crippen LogP contribution in [0.3, 0.4) is 0 Å². The Morgan fingerprint density at radius 1 is 1.00 bits per heavy atom. The Morgan fingerprint density at radius 3 is 2.00 bits per heavy atom. The molecule has 11 heteroatoms. The predicted molar refractivity (Wildman–Crippen MR) is 94.9 cm³/mol. The summed E-state index contributed by atoms with van der Waals surface area (Å²) in [7, 11) is 1.45. The average molecular weight is 378 g/mol. The van der Waals surface area contributed by atoms with Crippen LogP contribution in [0, 0.1) is 34.1 Å². The van der Waals surface area contributed by atoms with Crippen LogP contribution in [-0.4, -0.2) is 28.7 Å². The molecule has 10 nitrogen and oxygen atoms in total. The number of non-ortho nitro benzene ring substituents is 2. The highest BCUT2D eigenvalue weighted by molar-refractivity contribution is 7.16. The third-order valence-electron chi connectivity index (χ3n) is 3.65. The van der Waals surface area contributed by atoms with Gasteiger partial charge in [-0.25, -0.2) is 0 Å². The van der Waals surface area contributed by atoms with Crippen LogP contribution >= 0.6 is 11.3 Å². The number of anilines is 1. The van der Waals surface area contributed by atoms with E-state index < -0.39 is 33.0 Å². The predicted octanol–water partition coefficient (Wildman–Crippen LogP) is 2.79. The van der Waals surface area contributed by atoms with E-state index in [0.717, 1.165) is 23.1 Å². The lowest BCUT2D eigenvalue weighted by Gasteiger charge is -2.07. The monoisotopic (exact) mass is 378 g/mol. The molecule has 0 aliphatic rings. The topological polar surface area (TPSA) is 144 Å². The van der Waals surface area contributed by atoms with Crippen LogP contribution in [0.4, 0.5) is 16.4 Å². The van der Waals surface area contributed by atoms with Gasteiger partial charge in [-0.1, -0.05) is 0 Å². The minimum Gasteiger partial charge on any atom is -0.355 e. The molecule has 1 heterocycles. The van der Waals surface area contributed by atoms with E-state index in [9.17, 15) is 29.8 Å². The van der Waals surface area contributed by atoms with Gasteiger partial charge in [0.1, 0.15) is 5.00 Å². The molecule has 0 fully saturated rings. The van der Waals surface area contributed by atoms with Crippen molar-refractivity contribution in [3.63, 3.8) is 0 Å². The minimum atomic E-state index is -0.820. The SMILES string of the molecule is CNC(=O)c1c(NC(=O)c2cc([N+](=O)[O-])cc([N+](=O)[O-])c2)sc(C)c1C. The van der Waals surface area contributed by atoms with Crippen molar-refractivity contribution < 1.29 is 19.4 Å². The van der Waals surface area contributed by atoms with E-state index >= 15 is 0 Å². The van der Waals surface area contributed by atoms with Crippen LogP contribution in [0.15, 0.2) is 18.2 Å². The number of hydrogen-bond donors (Lipinski definition) is 2. The number of nitro benzene ring substituents is 2. The lowest BCUT2D eigenvalue weighted by molar-refractivity contribution is -0.394. The zero-order chi connectivity index (χ0) is 19.6. The Kier molecular flexibility index (Phi) is 5.31. The van der Waals surface area contributed by atoms with Gasteiger partial charge in [-0.3, -0.25) is 29.8 Å². The molecule has 26 heavy (non-hydrogen) atoms. The van der Waals surface area contributed by atoms with Gasteiger partial charge in [0, 0.05) is 24.1 Å². The summed E-state index contributed by atoms with van der Waals surface area (Å²) in [5.74, 6) is -1.18. The van der Waals surface area contributed by atoms with E-state index in [-0.39, 0.29) is 16.1 Å². The van der Waals surface area contributed by atoms with E-state index in [1.165, 1.54) is 18.4 Å². The molecule has 0 bridgehead atoms. The summed E-state index contributed by atoms with van der Waals surface area (Å²) in [5, 5.41) is 27.1. The zero-order valence-corrected chi connectivity index (χ0v) is 14.8. The number of nitro groups is 2. The van der Waals surface area contributed by atoms with Crippen molar-refractivity contribution in [1.29, 1.82) is 0 Å². The summed E-state index contributed by atoms with van der Waals surface area (Å²) in [6, 6.07) is 2.65. The van der Waals surface area contributed by atoms with E-state index in [1.54, 1.807) is 13.8 Å². The van der Waals surface area contributed by atoms with Crippen molar-refractivity contribution in [3.8, 4) is 0 Å². The number of thiophene rings is 1. The molecule has 1 aromatic heterocycles. The summed E-state index contributed by atoms with van der Waals surface area (Å²) in [4.78, 5) is 45.6. The molecule has 2 amide bonds. The highest BCUT2D eigenvalue weighted by Gasteiger charge is 2.23. The summed E-state index contributed by atoms with van der Waals surface area (Å²) in [6.07, 6.45) is 0. The number of amides is 2. The highest BCUT2D eigenvalue weighted by Crippen LogP contribution is 2.33. The minimum absolute atomic E-state index is 0.252. The Hall–Kier alpha value is -3.34. The van der Waals surface area contributed by atoms with Gasteiger partial charge >= 0.3 is 0 Å². The molecule has 0 atom stereocenters. The molecular formula is C15H14N4O6S. The maximum Gasteiger partial charge on any atom is 0.277 e. The van der Waals surface area contributed by atoms with Gasteiger partial charge in [-0.05, 0) is 19.4 Å². The normalized spacial score (nSPS) is 10.3. The summed E-state index contributed by atoms with van der Waals surface area (Å²) >= 11 is 1.17. The molecular weight excluding hydrogens is 364 g/mol. The number of carbonyl (C=O) groups excluding carboxylic acids is 2. The van der Waals surface area contributed by atoms with E-state index in [0.29, 0.717) is 5.56 Å². The van der Waals surface area contributed by atoms with Crippen molar-refractivity contribution in [2.75, 3.05) is 12.4 Å². The standard InChI is InChI=1S/C15H14N4O6S/c1-7-8(2)26-15(12(7)14(21)16-3)17-13(20)9-4-10(18(22)23)6-11(5-9)19(24)25/h4-6H,1-3H3,(H,16,21)(H,17,20). The van der Waals surface area contributed by atoms with Crippen molar-refractivity contribution >= 4 is 39.5 Å². The van der Waals surface area contributed by atoms with Crippen molar-refractivity contribution in [2.45, 2.75) is 13.8 Å². The van der Waals surface area contributed by atoms with Crippen LogP contribution in [0.2, 0.25) is 0 Å². The summed E-state index contributed by atoms with van der Waals surface area (Å²) in [5.41, 5.74) is -0.431. The zero-order valence-electron chi connectivity index (χ0n) is 14.0. The lowest BCUT2D eigenvalue weighted by atomic mass is 10.1. The van der Waals surface area contributed by atoms with Gasteiger partial charge in [-0.15, -0.1) is 11.3 Å². The Balaban J connectivity index is 2.46. The second-order valence-electron chi connectivity index (χ2n) is 5.27. The first-order chi connectivity index (χ1) is 12.1. The van der Waals surface area contributed by atoms with Crippen LogP contribution in [0.5, 0.6) is 0 Å². The fraction of sp³-hybridized carbons (Fsp3) is 0.200. The van der Waals surface area contributed by atoms with E-state index in [2.05, 4.69) is 10.6 Å². The highest BCUT2D eigenvalue weighted by atomic mass is 32.1. The molecule has 136 valence electrons. The molecule has 1 aromatic carbocycles. The molecule has 0 unspecified atom stereocenters. The number of aryl methyl sites for hydroxylation is 1. The van der Waals surface area contributed by atoms with Gasteiger partial charge < -0.3 is 10.6 Å². The average Bonchev–Trinajstić information content (AvgIpc) is 2.87. The smallest absolute Gasteiger partial charge is 0.277 e. The van der Waals surface area contributed by atoms with Crippen LogP contribution in [0.1, 0.15) is 31.2 Å². The number of benzene rings is 1. The second kappa shape index (κ2) is 7.27. The Labute approximate surface area is 151 Å². The quantitative estimate of drug-likeness (QED) is 0.604. The Bertz CT molecular complexity index is 904. The molecule has 0 saturated carbocycles. The molecule has 0 spiro atoms. The second-order valence-corrected chi connectivity index (χ2v) is 6.50. The molecule has 2 aromatic rings. The maximum absolute atomic E-state index is 12.5. The summed E-state index contributed by atoms with van der Waals surface area (Å²) < 4.78 is 0. The fourth-order valence-corrected chi connectivity index (χ4v) is 3.28. The molecule has 2 N–H and O–H groups in total. The van der Waals surface area contributed by atoms with Gasteiger partial charge in [0.05, 0.1) is 27.0 Å². The van der Waals surface area contributed by atoms with Gasteiger partial charge in [0.2, 0.25) is 0 Å². The van der Waals surface area contributed by atoms with Crippen molar-refractivity contribution in [2.24, 2.45) is 0 Å². The van der Waals surface area contributed by atoms with Gasteiger partial charge in [0.15, 0.2) is 0 Å². The largest absolute Gasteiger partial charge is 0.355 e. The molecule has 0 aliphatic carbocycles. The lowest BCUT2D eigenvalue weighted by Crippen LogP contribution is -2.21. The van der Waals surface area contributed by atoms with E-state index in [4.69, 9.17) is 0 Å². The number of nitrogens with one attached hydrogen (secondary N) is 2. The first-order valence-corrected chi connectivity index (χ1v) is 8.04. The first-order valence-electron chi connectivity index (χ1n) is 7.23. The van der Waals surface area contributed by atoms with Crippen LogP contribution in [0.25, 0.3) is 0 Å². The molecule has 0 saturated heterocycles. The summed E-state index contributed by atoms with van der Waals surface area (Å²) in [6.45, 7) is 3.50. The van der Waals surface area contributed by atoms with E-state index in [1.807, 2.05) is 0 Å². The van der Waals surface area contributed by atoms with Gasteiger partial charge in [0.25, 0.3) is 23.2 Å². The molecule has 0 aliphatic heterocycles. The fourth-order valence-electron chi connectivity index (χ4n) is 2.23. The maximum atomic E-state index is 12.5. The number of rotatable bonds is 5. The number of nitrogens with zero attached hydrogens (tertiary/aromatic N) is 2. The van der Waals surface area contributed by atoms with Crippen molar-refractivity contribution in [3.05, 3.63) is 60.0 Å². The van der Waals surface area contributed by atoms with Crippen LogP contribution in [-0.2, 0) is 0 Å². The van der Waals surface area contributed by atoms with Crippen LogP contribution < -0.4 is 10.6 Å². The van der Waals surface area contributed by atoms with Crippen molar-refractivity contribution in [1.82, 2.24) is 5.32 Å².